The topological polar surface area (TPSA) is 35.0 Å². The Balaban J connectivity index is 2.19. The number of halogens is 1. The van der Waals surface area contributed by atoms with Gasteiger partial charge in [-0.1, -0.05) is 30.3 Å². The highest BCUT2D eigenvalue weighted by Gasteiger charge is 2.22. The number of ether oxygens (including phenoxy) is 1. The van der Waals surface area contributed by atoms with E-state index in [9.17, 15) is 0 Å². The highest BCUT2D eigenvalue weighted by Crippen LogP contribution is 2.31. The lowest BCUT2D eigenvalue weighted by atomic mass is 10.3. The lowest BCUT2D eigenvalue weighted by Crippen LogP contribution is -2.30. The average Bonchev–Trinajstić information content (AvgIpc) is 2.19. The lowest BCUT2D eigenvalue weighted by molar-refractivity contribution is 0.0454. The SMILES string of the molecule is CCCc1nc(Cl)c(C)c(SC2COC2)n1. The molecule has 88 valence electrons. The summed E-state index contributed by atoms with van der Waals surface area (Å²) >= 11 is 7.85. The van der Waals surface area contributed by atoms with Crippen LogP contribution in [-0.2, 0) is 11.2 Å². The van der Waals surface area contributed by atoms with Crippen LogP contribution in [0.25, 0.3) is 0 Å². The second-order valence-corrected chi connectivity index (χ2v) is 5.54. The summed E-state index contributed by atoms with van der Waals surface area (Å²) in [6.45, 7) is 5.72. The van der Waals surface area contributed by atoms with Crippen molar-refractivity contribution in [1.82, 2.24) is 9.97 Å². The second-order valence-electron chi connectivity index (χ2n) is 3.89. The first kappa shape index (κ1) is 12.1. The van der Waals surface area contributed by atoms with Gasteiger partial charge in [-0.25, -0.2) is 9.97 Å². The molecule has 0 aromatic carbocycles. The van der Waals surface area contributed by atoms with E-state index in [-0.39, 0.29) is 0 Å². The van der Waals surface area contributed by atoms with Crippen LogP contribution in [0.5, 0.6) is 0 Å². The Morgan fingerprint density at radius 2 is 2.19 bits per heavy atom. The van der Waals surface area contributed by atoms with Crippen LogP contribution < -0.4 is 0 Å². The highest BCUT2D eigenvalue weighted by atomic mass is 35.5. The Labute approximate surface area is 105 Å². The third kappa shape index (κ3) is 2.67. The molecule has 1 fully saturated rings. The molecule has 0 spiro atoms. The zero-order valence-electron chi connectivity index (χ0n) is 9.49. The zero-order chi connectivity index (χ0) is 11.5. The van der Waals surface area contributed by atoms with E-state index in [0.29, 0.717) is 10.4 Å². The minimum atomic E-state index is 0.527. The molecule has 0 radical (unpaired) electrons. The number of hydrogen-bond donors (Lipinski definition) is 0. The van der Waals surface area contributed by atoms with Crippen molar-refractivity contribution in [3.05, 3.63) is 16.5 Å². The fourth-order valence-corrected chi connectivity index (χ4v) is 2.72. The van der Waals surface area contributed by atoms with Crippen molar-refractivity contribution >= 4 is 23.4 Å². The van der Waals surface area contributed by atoms with Crippen LogP contribution in [0.15, 0.2) is 5.03 Å². The van der Waals surface area contributed by atoms with E-state index in [1.165, 1.54) is 0 Å². The smallest absolute Gasteiger partial charge is 0.136 e. The largest absolute Gasteiger partial charge is 0.379 e. The Morgan fingerprint density at radius 3 is 2.75 bits per heavy atom. The fourth-order valence-electron chi connectivity index (χ4n) is 1.40. The number of aromatic nitrogens is 2. The predicted molar refractivity (Wildman–Crippen MR) is 66.2 cm³/mol. The van der Waals surface area contributed by atoms with E-state index >= 15 is 0 Å². The summed E-state index contributed by atoms with van der Waals surface area (Å²) in [6, 6.07) is 0. The molecule has 1 aromatic rings. The third-order valence-corrected chi connectivity index (χ3v) is 4.04. The summed E-state index contributed by atoms with van der Waals surface area (Å²) in [5, 5.41) is 2.12. The molecule has 2 heterocycles. The number of nitrogens with zero attached hydrogens (tertiary/aromatic N) is 2. The van der Waals surface area contributed by atoms with Gasteiger partial charge in [0.05, 0.1) is 18.5 Å². The molecule has 1 aliphatic rings. The lowest BCUT2D eigenvalue weighted by Gasteiger charge is -2.25. The van der Waals surface area contributed by atoms with Crippen molar-refractivity contribution in [3.63, 3.8) is 0 Å². The number of rotatable bonds is 4. The monoisotopic (exact) mass is 258 g/mol. The summed E-state index contributed by atoms with van der Waals surface area (Å²) in [7, 11) is 0. The Hall–Kier alpha value is -0.320. The highest BCUT2D eigenvalue weighted by molar-refractivity contribution is 8.00. The van der Waals surface area contributed by atoms with Crippen LogP contribution in [0.1, 0.15) is 24.7 Å². The third-order valence-electron chi connectivity index (χ3n) is 2.45. The van der Waals surface area contributed by atoms with E-state index in [4.69, 9.17) is 16.3 Å². The van der Waals surface area contributed by atoms with Crippen LogP contribution in [-0.4, -0.2) is 28.4 Å². The normalized spacial score (nSPS) is 16.2. The maximum absolute atomic E-state index is 6.10. The van der Waals surface area contributed by atoms with Gasteiger partial charge < -0.3 is 4.74 Å². The molecule has 3 nitrogen and oxygen atoms in total. The Morgan fingerprint density at radius 1 is 1.44 bits per heavy atom. The Kier molecular flexibility index (Phi) is 4.05. The molecule has 0 amide bonds. The van der Waals surface area contributed by atoms with Gasteiger partial charge in [-0.3, -0.25) is 0 Å². The van der Waals surface area contributed by atoms with Gasteiger partial charge in [-0.05, 0) is 13.3 Å². The van der Waals surface area contributed by atoms with E-state index in [1.54, 1.807) is 11.8 Å². The van der Waals surface area contributed by atoms with Crippen molar-refractivity contribution in [2.24, 2.45) is 0 Å². The number of thioether (sulfide) groups is 1. The van der Waals surface area contributed by atoms with Crippen LogP contribution in [0, 0.1) is 6.92 Å². The predicted octanol–water partition coefficient (Wildman–Crippen LogP) is 2.88. The molecule has 0 saturated carbocycles. The van der Waals surface area contributed by atoms with Gasteiger partial charge in [0.25, 0.3) is 0 Å². The molecule has 5 heteroatoms. The first-order valence-electron chi connectivity index (χ1n) is 5.48. The summed E-state index contributed by atoms with van der Waals surface area (Å²) in [4.78, 5) is 8.84. The standard InChI is InChI=1S/C11H15ClN2OS/c1-3-4-9-13-10(12)7(2)11(14-9)16-8-5-15-6-8/h8H,3-6H2,1-2H3. The van der Waals surface area contributed by atoms with Gasteiger partial charge >= 0.3 is 0 Å². The van der Waals surface area contributed by atoms with Crippen molar-refractivity contribution in [3.8, 4) is 0 Å². The molecule has 16 heavy (non-hydrogen) atoms. The maximum atomic E-state index is 6.10. The molecule has 1 aromatic heterocycles. The minimum Gasteiger partial charge on any atom is -0.379 e. The first-order chi connectivity index (χ1) is 7.70. The zero-order valence-corrected chi connectivity index (χ0v) is 11.1. The average molecular weight is 259 g/mol. The van der Waals surface area contributed by atoms with Crippen LogP contribution in [0.4, 0.5) is 0 Å². The summed E-state index contributed by atoms with van der Waals surface area (Å²) in [5.74, 6) is 0.848. The molecule has 0 bridgehead atoms. The van der Waals surface area contributed by atoms with Gasteiger partial charge in [0, 0.05) is 12.0 Å². The number of aryl methyl sites for hydroxylation is 1. The molecule has 0 unspecified atom stereocenters. The molecule has 0 aliphatic carbocycles. The molecule has 2 rings (SSSR count). The molecule has 0 N–H and O–H groups in total. The van der Waals surface area contributed by atoms with E-state index in [1.807, 2.05) is 6.92 Å². The number of hydrogen-bond acceptors (Lipinski definition) is 4. The summed E-state index contributed by atoms with van der Waals surface area (Å²) < 4.78 is 5.16. The van der Waals surface area contributed by atoms with E-state index < -0.39 is 0 Å². The molecule has 1 saturated heterocycles. The van der Waals surface area contributed by atoms with Gasteiger partial charge in [-0.15, -0.1) is 0 Å². The van der Waals surface area contributed by atoms with Crippen LogP contribution in [0.3, 0.4) is 0 Å². The summed E-state index contributed by atoms with van der Waals surface area (Å²) in [6.07, 6.45) is 1.92. The molecular formula is C11H15ClN2OS. The first-order valence-corrected chi connectivity index (χ1v) is 6.74. The Bertz CT molecular complexity index is 382. The van der Waals surface area contributed by atoms with Gasteiger partial charge in [0.15, 0.2) is 0 Å². The minimum absolute atomic E-state index is 0.527. The van der Waals surface area contributed by atoms with Gasteiger partial charge in [0.1, 0.15) is 16.0 Å². The van der Waals surface area contributed by atoms with E-state index in [0.717, 1.165) is 42.5 Å². The fraction of sp³-hybridized carbons (Fsp3) is 0.636. The van der Waals surface area contributed by atoms with Crippen LogP contribution in [0.2, 0.25) is 5.15 Å². The molecular weight excluding hydrogens is 244 g/mol. The molecule has 1 aliphatic heterocycles. The second kappa shape index (κ2) is 5.34. The summed E-state index contributed by atoms with van der Waals surface area (Å²) in [5.41, 5.74) is 0.985. The van der Waals surface area contributed by atoms with Crippen molar-refractivity contribution in [2.45, 2.75) is 37.0 Å². The maximum Gasteiger partial charge on any atom is 0.136 e. The van der Waals surface area contributed by atoms with E-state index in [2.05, 4.69) is 16.9 Å². The van der Waals surface area contributed by atoms with Gasteiger partial charge in [-0.2, -0.15) is 0 Å². The molecule has 0 atom stereocenters. The van der Waals surface area contributed by atoms with Crippen molar-refractivity contribution in [2.75, 3.05) is 13.2 Å². The van der Waals surface area contributed by atoms with Crippen LogP contribution >= 0.6 is 23.4 Å². The van der Waals surface area contributed by atoms with Crippen molar-refractivity contribution in [1.29, 1.82) is 0 Å². The van der Waals surface area contributed by atoms with Crippen molar-refractivity contribution < 1.29 is 4.74 Å². The quantitative estimate of drug-likeness (QED) is 0.778. The van der Waals surface area contributed by atoms with Gasteiger partial charge in [0.2, 0.25) is 0 Å².